The van der Waals surface area contributed by atoms with E-state index in [0.717, 1.165) is 36.8 Å². The standard InChI is InChI=1S/C21H17F3N2O2.C5H9NO2/c1-26(13-14-5-7-15(8-6-14)21(27)25-28-24)20-4-2-3-16(11-20)17-9-18(22)12-19(23)10-17;7-5-6-1-3-8-4-2-6/h2-12H,13H2,1H3,(H,25,27);5H,1-4H2. The van der Waals surface area contributed by atoms with E-state index in [1.807, 2.05) is 30.1 Å². The predicted molar refractivity (Wildman–Crippen MR) is 128 cm³/mol. The molecule has 3 aromatic carbocycles. The number of rotatable bonds is 7. The van der Waals surface area contributed by atoms with Crippen LogP contribution in [0.5, 0.6) is 0 Å². The van der Waals surface area contributed by atoms with Crippen molar-refractivity contribution >= 4 is 18.0 Å². The van der Waals surface area contributed by atoms with E-state index in [0.29, 0.717) is 30.9 Å². The van der Waals surface area contributed by atoms with Gasteiger partial charge in [0.05, 0.1) is 13.2 Å². The summed E-state index contributed by atoms with van der Waals surface area (Å²) in [5.74, 6) is -1.94. The summed E-state index contributed by atoms with van der Waals surface area (Å²) in [7, 11) is 1.88. The minimum atomic E-state index is -0.683. The van der Waals surface area contributed by atoms with Gasteiger partial charge >= 0.3 is 0 Å². The van der Waals surface area contributed by atoms with Crippen LogP contribution in [0.25, 0.3) is 11.1 Å². The average Bonchev–Trinajstić information content (AvgIpc) is 2.89. The van der Waals surface area contributed by atoms with Crippen LogP contribution in [-0.2, 0) is 21.1 Å². The van der Waals surface area contributed by atoms with Crippen molar-refractivity contribution in [2.24, 2.45) is 0 Å². The molecule has 1 heterocycles. The topological polar surface area (TPSA) is 71.1 Å². The fourth-order valence-corrected chi connectivity index (χ4v) is 3.55. The Morgan fingerprint density at radius 1 is 1.03 bits per heavy atom. The van der Waals surface area contributed by atoms with E-state index in [2.05, 4.69) is 5.04 Å². The zero-order chi connectivity index (χ0) is 25.9. The van der Waals surface area contributed by atoms with Crippen LogP contribution in [0.3, 0.4) is 0 Å². The fourth-order valence-electron chi connectivity index (χ4n) is 3.55. The summed E-state index contributed by atoms with van der Waals surface area (Å²) in [4.78, 5) is 25.2. The summed E-state index contributed by atoms with van der Waals surface area (Å²) in [5, 5.41) is 3.12. The quantitative estimate of drug-likeness (QED) is 0.387. The summed E-state index contributed by atoms with van der Waals surface area (Å²) >= 11 is 0. The molecule has 0 radical (unpaired) electrons. The van der Waals surface area contributed by atoms with Gasteiger partial charge < -0.3 is 14.5 Å². The number of benzene rings is 3. The second-order valence-corrected chi connectivity index (χ2v) is 8.02. The Hall–Kier alpha value is -3.89. The van der Waals surface area contributed by atoms with E-state index in [1.54, 1.807) is 40.7 Å². The van der Waals surface area contributed by atoms with Gasteiger partial charge in [-0.25, -0.2) is 8.78 Å². The molecule has 0 saturated carbocycles. The van der Waals surface area contributed by atoms with Crippen molar-refractivity contribution in [2.75, 3.05) is 38.3 Å². The van der Waals surface area contributed by atoms with Crippen LogP contribution in [0.15, 0.2) is 66.7 Å². The van der Waals surface area contributed by atoms with Crippen molar-refractivity contribution in [3.63, 3.8) is 0 Å². The molecule has 0 aromatic heterocycles. The molecule has 1 fully saturated rings. The minimum absolute atomic E-state index is 0.263. The highest BCUT2D eigenvalue weighted by Crippen LogP contribution is 2.26. The summed E-state index contributed by atoms with van der Waals surface area (Å²) in [5.41, 5.74) is 4.80. The monoisotopic (exact) mass is 501 g/mol. The lowest BCUT2D eigenvalue weighted by Crippen LogP contribution is -2.34. The molecule has 0 bridgehead atoms. The molecular formula is C26H26F3N3O4. The van der Waals surface area contributed by atoms with Gasteiger partial charge in [0.1, 0.15) is 11.6 Å². The normalized spacial score (nSPS) is 12.8. The van der Waals surface area contributed by atoms with Gasteiger partial charge in [0.2, 0.25) is 6.41 Å². The molecule has 0 atom stereocenters. The van der Waals surface area contributed by atoms with Gasteiger partial charge in [0.25, 0.3) is 5.91 Å². The Morgan fingerprint density at radius 3 is 2.28 bits per heavy atom. The number of carbonyl (C=O) groups is 2. The van der Waals surface area contributed by atoms with E-state index >= 15 is 0 Å². The molecule has 3 aromatic rings. The number of carbonyl (C=O) groups excluding carboxylic acids is 2. The van der Waals surface area contributed by atoms with Crippen molar-refractivity contribution in [3.05, 3.63) is 89.5 Å². The highest BCUT2D eigenvalue weighted by molar-refractivity contribution is 5.93. The number of ether oxygens (including phenoxy) is 1. The van der Waals surface area contributed by atoms with Gasteiger partial charge in [-0.15, -0.1) is 0 Å². The number of halogens is 3. The van der Waals surface area contributed by atoms with Crippen LogP contribution in [0, 0.1) is 11.6 Å². The number of nitrogens with one attached hydrogen (secondary N) is 1. The number of morpholine rings is 1. The molecule has 0 spiro atoms. The van der Waals surface area contributed by atoms with Crippen LogP contribution < -0.4 is 10.4 Å². The molecule has 1 aliphatic heterocycles. The van der Waals surface area contributed by atoms with Gasteiger partial charge in [-0.2, -0.15) is 5.48 Å². The van der Waals surface area contributed by atoms with E-state index in [1.165, 1.54) is 12.1 Å². The zero-order valence-corrected chi connectivity index (χ0v) is 19.6. The minimum Gasteiger partial charge on any atom is -0.378 e. The molecule has 1 aliphatic rings. The number of nitrogens with zero attached hydrogens (tertiary/aromatic N) is 2. The number of amides is 2. The number of hydrogen-bond acceptors (Lipinski definition) is 5. The van der Waals surface area contributed by atoms with Gasteiger partial charge in [0, 0.05) is 44.0 Å². The van der Waals surface area contributed by atoms with Crippen molar-refractivity contribution < 1.29 is 32.7 Å². The molecule has 0 unspecified atom stereocenters. The van der Waals surface area contributed by atoms with Crippen molar-refractivity contribution in [1.29, 1.82) is 0 Å². The summed E-state index contributed by atoms with van der Waals surface area (Å²) in [6.07, 6.45) is 0.864. The average molecular weight is 502 g/mol. The van der Waals surface area contributed by atoms with Gasteiger partial charge in [-0.3, -0.25) is 9.59 Å². The van der Waals surface area contributed by atoms with Crippen LogP contribution in [0.1, 0.15) is 15.9 Å². The number of hydrogen-bond donors (Lipinski definition) is 1. The highest BCUT2D eigenvalue weighted by Gasteiger charge is 2.09. The maximum absolute atomic E-state index is 13.5. The fraction of sp³-hybridized carbons (Fsp3) is 0.231. The predicted octanol–water partition coefficient (Wildman–Crippen LogP) is 4.29. The van der Waals surface area contributed by atoms with Crippen molar-refractivity contribution in [1.82, 2.24) is 10.4 Å². The lowest BCUT2D eigenvalue weighted by atomic mass is 10.0. The highest BCUT2D eigenvalue weighted by atomic mass is 19.3. The van der Waals surface area contributed by atoms with Crippen LogP contribution in [0.4, 0.5) is 19.0 Å². The summed E-state index contributed by atoms with van der Waals surface area (Å²) in [6, 6.07) is 17.3. The molecule has 0 aliphatic carbocycles. The summed E-state index contributed by atoms with van der Waals surface area (Å²) in [6.45, 7) is 3.42. The number of hydroxylamine groups is 1. The van der Waals surface area contributed by atoms with Crippen LogP contribution in [-0.4, -0.2) is 50.6 Å². The molecule has 1 N–H and O–H groups in total. The third kappa shape index (κ3) is 7.82. The van der Waals surface area contributed by atoms with Crippen LogP contribution in [0.2, 0.25) is 0 Å². The lowest BCUT2D eigenvalue weighted by molar-refractivity contribution is -0.176. The third-order valence-electron chi connectivity index (χ3n) is 5.44. The lowest BCUT2D eigenvalue weighted by Gasteiger charge is -2.21. The van der Waals surface area contributed by atoms with Crippen molar-refractivity contribution in [3.8, 4) is 11.1 Å². The maximum Gasteiger partial charge on any atom is 0.277 e. The van der Waals surface area contributed by atoms with Crippen LogP contribution >= 0.6 is 0 Å². The molecular weight excluding hydrogens is 475 g/mol. The Labute approximate surface area is 206 Å². The molecule has 7 nitrogen and oxygen atoms in total. The molecule has 1 saturated heterocycles. The Kier molecular flexibility index (Phi) is 9.84. The van der Waals surface area contributed by atoms with Gasteiger partial charge in [-0.05, 0) is 57.6 Å². The van der Waals surface area contributed by atoms with Gasteiger partial charge in [0.15, 0.2) is 0 Å². The molecule has 10 heteroatoms. The first kappa shape index (κ1) is 26.7. The molecule has 4 rings (SSSR count). The van der Waals surface area contributed by atoms with E-state index in [-0.39, 0.29) is 5.56 Å². The molecule has 2 amide bonds. The van der Waals surface area contributed by atoms with E-state index < -0.39 is 17.5 Å². The second kappa shape index (κ2) is 13.3. The largest absolute Gasteiger partial charge is 0.378 e. The smallest absolute Gasteiger partial charge is 0.277 e. The first-order chi connectivity index (χ1) is 17.4. The van der Waals surface area contributed by atoms with Gasteiger partial charge in [-0.1, -0.05) is 29.3 Å². The Morgan fingerprint density at radius 2 is 1.69 bits per heavy atom. The first-order valence-corrected chi connectivity index (χ1v) is 11.1. The first-order valence-electron chi connectivity index (χ1n) is 11.1. The number of anilines is 1. The molecule has 190 valence electrons. The summed E-state index contributed by atoms with van der Waals surface area (Å²) < 4.78 is 43.7. The van der Waals surface area contributed by atoms with E-state index in [4.69, 9.17) is 4.74 Å². The van der Waals surface area contributed by atoms with Crippen molar-refractivity contribution in [2.45, 2.75) is 6.54 Å². The SMILES string of the molecule is CN(Cc1ccc(C(=O)NOF)cc1)c1cccc(-c2cc(F)cc(F)c2)c1.O=CN1CCOCC1. The zero-order valence-electron chi connectivity index (χ0n) is 19.6. The maximum atomic E-state index is 13.5. The second-order valence-electron chi connectivity index (χ2n) is 8.02. The Balaban J connectivity index is 0.000000383. The van der Waals surface area contributed by atoms with E-state index in [9.17, 15) is 22.9 Å². The molecule has 36 heavy (non-hydrogen) atoms. The third-order valence-corrected chi connectivity index (χ3v) is 5.44. The Bertz CT molecular complexity index is 1140.